The predicted molar refractivity (Wildman–Crippen MR) is 76.3 cm³/mol. The molecule has 3 rings (SSSR count). The van der Waals surface area contributed by atoms with Crippen LogP contribution in [-0.2, 0) is 0 Å². The molecule has 0 aromatic carbocycles. The van der Waals surface area contributed by atoms with Crippen molar-refractivity contribution >= 4 is 17.6 Å². The second kappa shape index (κ2) is 5.47. The van der Waals surface area contributed by atoms with Crippen LogP contribution in [0.4, 0.5) is 5.82 Å². The van der Waals surface area contributed by atoms with E-state index in [1.165, 1.54) is 50.0 Å². The molecule has 2 saturated carbocycles. The van der Waals surface area contributed by atoms with Crippen molar-refractivity contribution in [2.45, 2.75) is 61.1 Å². The fraction of sp³-hybridized carbons (Fsp3) is 0.714. The van der Waals surface area contributed by atoms with Gasteiger partial charge in [0.05, 0.1) is 0 Å². The highest BCUT2D eigenvalue weighted by Crippen LogP contribution is 2.40. The standard InChI is InChI=1S/C14H21N3S/c1-15-12-9-13(17-14(16-12)10-7-8-10)18-11-5-3-2-4-6-11/h9-11H,2-8H2,1H3,(H,15,16,17). The van der Waals surface area contributed by atoms with Crippen LogP contribution in [0.2, 0.25) is 0 Å². The molecule has 2 aliphatic rings. The minimum Gasteiger partial charge on any atom is -0.373 e. The second-order valence-electron chi connectivity index (χ2n) is 5.35. The van der Waals surface area contributed by atoms with Crippen molar-refractivity contribution in [2.75, 3.05) is 12.4 Å². The van der Waals surface area contributed by atoms with Crippen LogP contribution in [0, 0.1) is 0 Å². The summed E-state index contributed by atoms with van der Waals surface area (Å²) in [5.41, 5.74) is 0. The zero-order valence-electron chi connectivity index (χ0n) is 11.0. The van der Waals surface area contributed by atoms with Crippen LogP contribution < -0.4 is 5.32 Å². The van der Waals surface area contributed by atoms with Gasteiger partial charge in [-0.2, -0.15) is 0 Å². The lowest BCUT2D eigenvalue weighted by molar-refractivity contribution is 0.515. The first-order valence-corrected chi connectivity index (χ1v) is 7.96. The maximum atomic E-state index is 4.75. The molecule has 0 unspecified atom stereocenters. The third-order valence-electron chi connectivity index (χ3n) is 3.76. The Hall–Kier alpha value is -0.770. The van der Waals surface area contributed by atoms with E-state index in [0.29, 0.717) is 5.92 Å². The summed E-state index contributed by atoms with van der Waals surface area (Å²) in [6.07, 6.45) is 9.41. The van der Waals surface area contributed by atoms with Gasteiger partial charge in [0.15, 0.2) is 0 Å². The number of rotatable bonds is 4. The van der Waals surface area contributed by atoms with Gasteiger partial charge in [0.1, 0.15) is 16.7 Å². The Morgan fingerprint density at radius 2 is 1.89 bits per heavy atom. The number of nitrogens with zero attached hydrogens (tertiary/aromatic N) is 2. The first kappa shape index (κ1) is 12.3. The fourth-order valence-electron chi connectivity index (χ4n) is 2.51. The molecule has 1 aromatic rings. The highest BCUT2D eigenvalue weighted by atomic mass is 32.2. The molecular formula is C14H21N3S. The lowest BCUT2D eigenvalue weighted by Crippen LogP contribution is -2.09. The molecule has 98 valence electrons. The topological polar surface area (TPSA) is 37.8 Å². The molecule has 0 spiro atoms. The molecule has 18 heavy (non-hydrogen) atoms. The lowest BCUT2D eigenvalue weighted by atomic mass is 10.0. The number of anilines is 1. The maximum Gasteiger partial charge on any atom is 0.135 e. The van der Waals surface area contributed by atoms with Gasteiger partial charge in [-0.3, -0.25) is 0 Å². The summed E-state index contributed by atoms with van der Waals surface area (Å²) in [4.78, 5) is 9.32. The van der Waals surface area contributed by atoms with Crippen molar-refractivity contribution in [3.63, 3.8) is 0 Å². The fourth-order valence-corrected chi connectivity index (χ4v) is 3.75. The molecule has 0 amide bonds. The third-order valence-corrected chi connectivity index (χ3v) is 5.01. The second-order valence-corrected chi connectivity index (χ2v) is 6.67. The Bertz CT molecular complexity index is 412. The molecule has 0 aliphatic heterocycles. The lowest BCUT2D eigenvalue weighted by Gasteiger charge is -2.20. The molecule has 2 fully saturated rings. The molecule has 1 aromatic heterocycles. The van der Waals surface area contributed by atoms with Crippen molar-refractivity contribution in [3.8, 4) is 0 Å². The van der Waals surface area contributed by atoms with Gasteiger partial charge in [0.2, 0.25) is 0 Å². The summed E-state index contributed by atoms with van der Waals surface area (Å²) >= 11 is 1.96. The van der Waals surface area contributed by atoms with Gasteiger partial charge in [-0.05, 0) is 25.7 Å². The Morgan fingerprint density at radius 3 is 2.56 bits per heavy atom. The summed E-state index contributed by atoms with van der Waals surface area (Å²) in [6, 6.07) is 2.10. The van der Waals surface area contributed by atoms with Gasteiger partial charge in [0.25, 0.3) is 0 Å². The van der Waals surface area contributed by atoms with Crippen LogP contribution in [0.3, 0.4) is 0 Å². The van der Waals surface area contributed by atoms with Crippen LogP contribution >= 0.6 is 11.8 Å². The van der Waals surface area contributed by atoms with Crippen LogP contribution in [-0.4, -0.2) is 22.3 Å². The van der Waals surface area contributed by atoms with E-state index in [1.54, 1.807) is 0 Å². The molecule has 1 N–H and O–H groups in total. The zero-order valence-corrected chi connectivity index (χ0v) is 11.8. The molecule has 0 radical (unpaired) electrons. The van der Waals surface area contributed by atoms with Crippen molar-refractivity contribution in [1.82, 2.24) is 9.97 Å². The summed E-state index contributed by atoms with van der Waals surface area (Å²) in [5, 5.41) is 5.10. The summed E-state index contributed by atoms with van der Waals surface area (Å²) < 4.78 is 0. The minimum absolute atomic E-state index is 0.629. The van der Waals surface area contributed by atoms with Crippen molar-refractivity contribution in [2.24, 2.45) is 0 Å². The van der Waals surface area contributed by atoms with E-state index in [4.69, 9.17) is 4.98 Å². The molecule has 3 nitrogen and oxygen atoms in total. The molecule has 0 atom stereocenters. The highest BCUT2D eigenvalue weighted by molar-refractivity contribution is 7.99. The molecule has 0 saturated heterocycles. The van der Waals surface area contributed by atoms with Crippen LogP contribution in [0.25, 0.3) is 0 Å². The SMILES string of the molecule is CNc1cc(SC2CCCCC2)nc(C2CC2)n1. The minimum atomic E-state index is 0.629. The summed E-state index contributed by atoms with van der Waals surface area (Å²) in [6.45, 7) is 0. The van der Waals surface area contributed by atoms with Gasteiger partial charge in [0, 0.05) is 24.3 Å². The summed E-state index contributed by atoms with van der Waals surface area (Å²) in [5.74, 6) is 2.66. The van der Waals surface area contributed by atoms with Crippen molar-refractivity contribution in [3.05, 3.63) is 11.9 Å². The van der Waals surface area contributed by atoms with Gasteiger partial charge in [-0.1, -0.05) is 19.3 Å². The molecule has 4 heteroatoms. The van der Waals surface area contributed by atoms with Crippen molar-refractivity contribution in [1.29, 1.82) is 0 Å². The zero-order chi connectivity index (χ0) is 12.4. The van der Waals surface area contributed by atoms with Gasteiger partial charge in [-0.25, -0.2) is 9.97 Å². The molecule has 1 heterocycles. The van der Waals surface area contributed by atoms with E-state index in [2.05, 4.69) is 16.4 Å². The monoisotopic (exact) mass is 263 g/mol. The first-order chi connectivity index (χ1) is 8.85. The Morgan fingerprint density at radius 1 is 1.11 bits per heavy atom. The van der Waals surface area contributed by atoms with Gasteiger partial charge >= 0.3 is 0 Å². The van der Waals surface area contributed by atoms with E-state index in [-0.39, 0.29) is 0 Å². The number of hydrogen-bond acceptors (Lipinski definition) is 4. The number of hydrogen-bond donors (Lipinski definition) is 1. The van der Waals surface area contributed by atoms with Gasteiger partial charge in [-0.15, -0.1) is 11.8 Å². The van der Waals surface area contributed by atoms with E-state index in [9.17, 15) is 0 Å². The first-order valence-electron chi connectivity index (χ1n) is 7.08. The van der Waals surface area contributed by atoms with Crippen LogP contribution in [0.15, 0.2) is 11.1 Å². The van der Waals surface area contributed by atoms with E-state index >= 15 is 0 Å². The molecular weight excluding hydrogens is 242 g/mol. The molecule has 2 aliphatic carbocycles. The van der Waals surface area contributed by atoms with E-state index in [1.807, 2.05) is 18.8 Å². The largest absolute Gasteiger partial charge is 0.373 e. The van der Waals surface area contributed by atoms with Crippen LogP contribution in [0.1, 0.15) is 56.7 Å². The Labute approximate surface area is 113 Å². The highest BCUT2D eigenvalue weighted by Gasteiger charge is 2.27. The normalized spacial score (nSPS) is 20.9. The van der Waals surface area contributed by atoms with E-state index in [0.717, 1.165) is 16.9 Å². The third kappa shape index (κ3) is 2.97. The Kier molecular flexibility index (Phi) is 3.73. The molecule has 0 bridgehead atoms. The Balaban J connectivity index is 1.74. The smallest absolute Gasteiger partial charge is 0.135 e. The number of aromatic nitrogens is 2. The predicted octanol–water partition coefficient (Wildman–Crippen LogP) is 3.82. The van der Waals surface area contributed by atoms with Crippen LogP contribution in [0.5, 0.6) is 0 Å². The number of nitrogens with one attached hydrogen (secondary N) is 1. The van der Waals surface area contributed by atoms with Gasteiger partial charge < -0.3 is 5.32 Å². The summed E-state index contributed by atoms with van der Waals surface area (Å²) in [7, 11) is 1.94. The van der Waals surface area contributed by atoms with E-state index < -0.39 is 0 Å². The average molecular weight is 263 g/mol. The van der Waals surface area contributed by atoms with Crippen molar-refractivity contribution < 1.29 is 0 Å². The quantitative estimate of drug-likeness (QED) is 0.838. The number of thioether (sulfide) groups is 1. The maximum absolute atomic E-state index is 4.75. The average Bonchev–Trinajstić information content (AvgIpc) is 3.24.